The van der Waals surface area contributed by atoms with E-state index in [0.717, 1.165) is 6.07 Å². The number of nitrogens with one attached hydrogen (secondary N) is 2. The maximum absolute atomic E-state index is 13.2. The summed E-state index contributed by atoms with van der Waals surface area (Å²) < 4.78 is 34.0. The van der Waals surface area contributed by atoms with Crippen LogP contribution in [0.5, 0.6) is 5.75 Å². The van der Waals surface area contributed by atoms with Gasteiger partial charge in [0.05, 0.1) is 33.0 Å². The summed E-state index contributed by atoms with van der Waals surface area (Å²) >= 11 is 6.21. The Morgan fingerprint density at radius 3 is 2.29 bits per heavy atom. The van der Waals surface area contributed by atoms with Crippen LogP contribution in [0.3, 0.4) is 0 Å². The second-order valence-corrected chi connectivity index (χ2v) is 9.25. The fourth-order valence-electron chi connectivity index (χ4n) is 3.21. The number of anilines is 3. The van der Waals surface area contributed by atoms with Crippen molar-refractivity contribution in [1.29, 1.82) is 0 Å². The maximum Gasteiger partial charge on any atom is 0.270 e. The Morgan fingerprint density at radius 2 is 1.68 bits per heavy atom. The van der Waals surface area contributed by atoms with Gasteiger partial charge in [0.15, 0.2) is 11.6 Å². The van der Waals surface area contributed by atoms with Crippen molar-refractivity contribution in [2.45, 2.75) is 11.8 Å². The van der Waals surface area contributed by atoms with Crippen molar-refractivity contribution in [1.82, 2.24) is 9.97 Å². The maximum atomic E-state index is 13.2. The standard InChI is InChI=1S/C22H18ClN5O5S/c1-13-7-9-15(28(29)30)12-20(13)34(31,32)27-22-21(25-17-5-3-4-6-18(17)26-22)24-14-8-10-19(33-2)16(23)11-14/h3-12H,1-2H3,(H,24,25)(H,26,27). The number of para-hydroxylation sites is 2. The minimum atomic E-state index is -4.25. The Bertz CT molecular complexity index is 1530. The Balaban J connectivity index is 1.79. The zero-order valence-electron chi connectivity index (χ0n) is 17.9. The lowest BCUT2D eigenvalue weighted by Crippen LogP contribution is -2.17. The molecule has 3 aromatic carbocycles. The van der Waals surface area contributed by atoms with Gasteiger partial charge in [0.25, 0.3) is 15.7 Å². The van der Waals surface area contributed by atoms with Gasteiger partial charge in [-0.05, 0) is 42.8 Å². The molecule has 0 atom stereocenters. The molecule has 0 spiro atoms. The smallest absolute Gasteiger partial charge is 0.270 e. The molecular formula is C22H18ClN5O5S. The van der Waals surface area contributed by atoms with Crippen molar-refractivity contribution in [2.24, 2.45) is 0 Å². The van der Waals surface area contributed by atoms with Gasteiger partial charge in [0.1, 0.15) is 5.75 Å². The van der Waals surface area contributed by atoms with E-state index in [9.17, 15) is 18.5 Å². The highest BCUT2D eigenvalue weighted by Gasteiger charge is 2.23. The minimum Gasteiger partial charge on any atom is -0.495 e. The van der Waals surface area contributed by atoms with E-state index < -0.39 is 14.9 Å². The fourth-order valence-corrected chi connectivity index (χ4v) is 4.75. The highest BCUT2D eigenvalue weighted by atomic mass is 35.5. The number of ether oxygens (including phenoxy) is 1. The summed E-state index contributed by atoms with van der Waals surface area (Å²) in [7, 11) is -2.75. The number of aryl methyl sites for hydroxylation is 1. The quantitative estimate of drug-likeness (QED) is 0.266. The monoisotopic (exact) mass is 499 g/mol. The van der Waals surface area contributed by atoms with Gasteiger partial charge in [-0.15, -0.1) is 0 Å². The molecule has 0 radical (unpaired) electrons. The normalized spacial score (nSPS) is 11.3. The summed E-state index contributed by atoms with van der Waals surface area (Å²) in [6.07, 6.45) is 0. The van der Waals surface area contributed by atoms with Gasteiger partial charge in [-0.1, -0.05) is 29.8 Å². The SMILES string of the molecule is COc1ccc(Nc2nc3ccccc3nc2NS(=O)(=O)c2cc([N+](=O)[O-])ccc2C)cc1Cl. The number of hydrogen-bond donors (Lipinski definition) is 2. The van der Waals surface area contributed by atoms with Gasteiger partial charge in [-0.25, -0.2) is 18.4 Å². The molecule has 0 bridgehead atoms. The van der Waals surface area contributed by atoms with Crippen LogP contribution < -0.4 is 14.8 Å². The number of benzene rings is 3. The average molecular weight is 500 g/mol. The molecule has 1 aromatic heterocycles. The zero-order chi connectivity index (χ0) is 24.5. The Hall–Kier alpha value is -3.96. The van der Waals surface area contributed by atoms with Crippen LogP contribution in [0, 0.1) is 17.0 Å². The number of fused-ring (bicyclic) bond motifs is 1. The van der Waals surface area contributed by atoms with Crippen LogP contribution in [0.25, 0.3) is 11.0 Å². The number of nitro benzene ring substituents is 1. The molecule has 34 heavy (non-hydrogen) atoms. The summed E-state index contributed by atoms with van der Waals surface area (Å²) in [5.74, 6) is 0.502. The van der Waals surface area contributed by atoms with Crippen molar-refractivity contribution >= 4 is 55.7 Å². The molecule has 12 heteroatoms. The molecule has 0 saturated carbocycles. The van der Waals surface area contributed by atoms with Gasteiger partial charge in [-0.2, -0.15) is 0 Å². The van der Waals surface area contributed by atoms with Gasteiger partial charge < -0.3 is 10.1 Å². The highest BCUT2D eigenvalue weighted by molar-refractivity contribution is 7.92. The molecule has 174 valence electrons. The molecule has 0 aliphatic heterocycles. The number of aromatic nitrogens is 2. The van der Waals surface area contributed by atoms with Gasteiger partial charge in [-0.3, -0.25) is 14.8 Å². The van der Waals surface area contributed by atoms with Crippen LogP contribution in [-0.4, -0.2) is 30.4 Å². The molecule has 4 aromatic rings. The topological polar surface area (TPSA) is 136 Å². The number of non-ortho nitro benzene ring substituents is 1. The van der Waals surface area contributed by atoms with Crippen molar-refractivity contribution in [3.63, 3.8) is 0 Å². The first kappa shape index (κ1) is 23.2. The summed E-state index contributed by atoms with van der Waals surface area (Å²) in [6, 6.07) is 15.5. The molecule has 2 N–H and O–H groups in total. The van der Waals surface area contributed by atoms with E-state index in [1.54, 1.807) is 49.4 Å². The Kier molecular flexibility index (Phi) is 6.22. The van der Waals surface area contributed by atoms with Crippen LogP contribution in [0.2, 0.25) is 5.02 Å². The van der Waals surface area contributed by atoms with E-state index in [0.29, 0.717) is 33.1 Å². The highest BCUT2D eigenvalue weighted by Crippen LogP contribution is 2.32. The first-order valence-electron chi connectivity index (χ1n) is 9.83. The van der Waals surface area contributed by atoms with Crippen LogP contribution in [0.15, 0.2) is 65.6 Å². The van der Waals surface area contributed by atoms with Crippen LogP contribution in [0.1, 0.15) is 5.56 Å². The van der Waals surface area contributed by atoms with E-state index in [1.807, 2.05) is 0 Å². The molecule has 0 unspecified atom stereocenters. The van der Waals surface area contributed by atoms with Crippen molar-refractivity contribution in [3.8, 4) is 5.75 Å². The third kappa shape index (κ3) is 4.70. The van der Waals surface area contributed by atoms with E-state index in [2.05, 4.69) is 20.0 Å². The van der Waals surface area contributed by atoms with E-state index in [4.69, 9.17) is 16.3 Å². The minimum absolute atomic E-state index is 0.0865. The number of methoxy groups -OCH3 is 1. The number of nitrogens with zero attached hydrogens (tertiary/aromatic N) is 3. The molecule has 0 aliphatic rings. The molecule has 1 heterocycles. The van der Waals surface area contributed by atoms with Crippen LogP contribution in [0.4, 0.5) is 23.0 Å². The molecular weight excluding hydrogens is 482 g/mol. The summed E-state index contributed by atoms with van der Waals surface area (Å²) in [4.78, 5) is 19.2. The lowest BCUT2D eigenvalue weighted by atomic mass is 10.2. The third-order valence-corrected chi connectivity index (χ3v) is 6.66. The third-order valence-electron chi connectivity index (χ3n) is 4.89. The molecule has 10 nitrogen and oxygen atoms in total. The second-order valence-electron chi connectivity index (χ2n) is 7.20. The van der Waals surface area contributed by atoms with E-state index in [1.165, 1.54) is 19.2 Å². The number of hydrogen-bond acceptors (Lipinski definition) is 8. The Morgan fingerprint density at radius 1 is 1.00 bits per heavy atom. The second kappa shape index (κ2) is 9.12. The van der Waals surface area contributed by atoms with Gasteiger partial charge in [0, 0.05) is 17.8 Å². The van der Waals surface area contributed by atoms with E-state index >= 15 is 0 Å². The summed E-state index contributed by atoms with van der Waals surface area (Å²) in [5.41, 5.74) is 1.49. The van der Waals surface area contributed by atoms with Crippen molar-refractivity contribution in [3.05, 3.63) is 81.4 Å². The predicted octanol–water partition coefficient (Wildman–Crippen LogP) is 5.05. The number of sulfonamides is 1. The Labute approximate surface area is 199 Å². The molecule has 0 amide bonds. The van der Waals surface area contributed by atoms with Crippen molar-refractivity contribution in [2.75, 3.05) is 17.1 Å². The number of halogens is 1. The molecule has 0 saturated heterocycles. The van der Waals surface area contributed by atoms with Gasteiger partial charge >= 0.3 is 0 Å². The van der Waals surface area contributed by atoms with Crippen LogP contribution >= 0.6 is 11.6 Å². The number of nitro groups is 1. The summed E-state index contributed by atoms with van der Waals surface area (Å²) in [6.45, 7) is 1.54. The number of rotatable bonds is 7. The lowest BCUT2D eigenvalue weighted by molar-refractivity contribution is -0.385. The summed E-state index contributed by atoms with van der Waals surface area (Å²) in [5, 5.41) is 14.5. The van der Waals surface area contributed by atoms with E-state index in [-0.39, 0.29) is 22.2 Å². The van der Waals surface area contributed by atoms with Crippen molar-refractivity contribution < 1.29 is 18.1 Å². The average Bonchev–Trinajstić information content (AvgIpc) is 2.79. The first-order valence-corrected chi connectivity index (χ1v) is 11.7. The lowest BCUT2D eigenvalue weighted by Gasteiger charge is -2.15. The zero-order valence-corrected chi connectivity index (χ0v) is 19.5. The fraction of sp³-hybridized carbons (Fsp3) is 0.0909. The largest absolute Gasteiger partial charge is 0.495 e. The predicted molar refractivity (Wildman–Crippen MR) is 129 cm³/mol. The molecule has 0 aliphatic carbocycles. The molecule has 0 fully saturated rings. The van der Waals surface area contributed by atoms with Crippen LogP contribution in [-0.2, 0) is 10.0 Å². The van der Waals surface area contributed by atoms with Gasteiger partial charge in [0.2, 0.25) is 0 Å². The first-order chi connectivity index (χ1) is 16.2. The molecule has 4 rings (SSSR count).